The van der Waals surface area contributed by atoms with Crippen molar-refractivity contribution in [2.75, 3.05) is 21.3 Å². The van der Waals surface area contributed by atoms with Gasteiger partial charge < -0.3 is 21.3 Å². The van der Waals surface area contributed by atoms with Crippen LogP contribution in [0.1, 0.15) is 30.5 Å². The summed E-state index contributed by atoms with van der Waals surface area (Å²) in [4.78, 5) is 26.1. The maximum atomic E-state index is 11.9. The number of hydrogen-bond donors (Lipinski definition) is 4. The number of amides is 2. The minimum absolute atomic E-state index is 0.0446. The fourth-order valence-corrected chi connectivity index (χ4v) is 5.42. The Bertz CT molecular complexity index is 1250. The van der Waals surface area contributed by atoms with Gasteiger partial charge in [-0.2, -0.15) is 0 Å². The van der Waals surface area contributed by atoms with Crippen LogP contribution in [-0.4, -0.2) is 11.8 Å². The highest BCUT2D eigenvalue weighted by Crippen LogP contribution is 2.37. The van der Waals surface area contributed by atoms with E-state index >= 15 is 0 Å². The molecule has 2 aliphatic heterocycles. The molecule has 2 aliphatic rings. The largest absolute Gasteiger partial charge is 0.345 e. The van der Waals surface area contributed by atoms with Crippen LogP contribution in [0.25, 0.3) is 0 Å². The molecule has 160 valence electrons. The molecule has 4 aromatic rings. The average Bonchev–Trinajstić information content (AvgIpc) is 3.25. The van der Waals surface area contributed by atoms with Crippen LogP contribution in [0.5, 0.6) is 0 Å². The molecule has 0 saturated heterocycles. The van der Waals surface area contributed by atoms with E-state index in [0.717, 1.165) is 53.6 Å². The van der Waals surface area contributed by atoms with Gasteiger partial charge in [-0.1, -0.05) is 24.3 Å². The maximum Gasteiger partial charge on any atom is 0.258 e. The number of carbonyl (C=O) groups is 2. The molecular weight excluding hydrogens is 440 g/mol. The van der Waals surface area contributed by atoms with Gasteiger partial charge in [0.2, 0.25) is 0 Å². The Hall–Kier alpha value is -3.62. The van der Waals surface area contributed by atoms with E-state index in [1.807, 2.05) is 74.5 Å². The van der Waals surface area contributed by atoms with Crippen molar-refractivity contribution in [1.29, 1.82) is 0 Å². The van der Waals surface area contributed by atoms with E-state index in [2.05, 4.69) is 21.3 Å². The zero-order valence-electron chi connectivity index (χ0n) is 17.4. The summed E-state index contributed by atoms with van der Waals surface area (Å²) in [6.45, 7) is 4.00. The first kappa shape index (κ1) is 20.3. The van der Waals surface area contributed by atoms with E-state index in [1.54, 1.807) is 22.7 Å². The van der Waals surface area contributed by atoms with E-state index in [0.29, 0.717) is 0 Å². The lowest BCUT2D eigenvalue weighted by Crippen LogP contribution is -2.09. The Morgan fingerprint density at radius 3 is 1.28 bits per heavy atom. The number of rotatable bonds is 0. The van der Waals surface area contributed by atoms with E-state index in [9.17, 15) is 9.59 Å². The van der Waals surface area contributed by atoms with Gasteiger partial charge in [0.1, 0.15) is 10.0 Å². The van der Waals surface area contributed by atoms with E-state index in [1.165, 1.54) is 0 Å². The second-order valence-electron chi connectivity index (χ2n) is 7.45. The van der Waals surface area contributed by atoms with Crippen LogP contribution in [0.3, 0.4) is 0 Å². The predicted molar refractivity (Wildman–Crippen MR) is 133 cm³/mol. The van der Waals surface area contributed by atoms with Crippen molar-refractivity contribution < 1.29 is 9.59 Å². The minimum Gasteiger partial charge on any atom is -0.345 e. The third-order valence-electron chi connectivity index (χ3n) is 5.05. The first-order valence-electron chi connectivity index (χ1n) is 10.0. The van der Waals surface area contributed by atoms with Crippen molar-refractivity contribution in [1.82, 2.24) is 0 Å². The number of thiophene rings is 2. The molecule has 0 unspecified atom stereocenters. The van der Waals surface area contributed by atoms with Crippen LogP contribution in [0.4, 0.5) is 32.8 Å². The van der Waals surface area contributed by atoms with Crippen molar-refractivity contribution >= 4 is 67.2 Å². The fraction of sp³-hybridized carbons (Fsp3) is 0.0833. The molecule has 32 heavy (non-hydrogen) atoms. The molecule has 0 aliphatic carbocycles. The van der Waals surface area contributed by atoms with Gasteiger partial charge in [0.05, 0.1) is 33.9 Å². The highest BCUT2D eigenvalue weighted by Gasteiger charge is 2.21. The summed E-state index contributed by atoms with van der Waals surface area (Å²) in [5.41, 5.74) is 4.98. The second-order valence-corrected chi connectivity index (χ2v) is 9.96. The van der Waals surface area contributed by atoms with Crippen molar-refractivity contribution in [3.05, 3.63) is 81.5 Å². The number of fused-ring (bicyclic) bond motifs is 4. The Kier molecular flexibility index (Phi) is 5.16. The third kappa shape index (κ3) is 3.86. The van der Waals surface area contributed by atoms with Crippen LogP contribution in [0.15, 0.2) is 60.7 Å². The van der Waals surface area contributed by atoms with Crippen LogP contribution in [0.2, 0.25) is 0 Å². The SMILES string of the molecule is Cc1cc2c(s1)Nc1ccccc1NC2=O.Cc1cc2c(s1)Nc1ccccc1NC2=O. The van der Waals surface area contributed by atoms with Crippen molar-refractivity contribution in [3.63, 3.8) is 0 Å². The summed E-state index contributed by atoms with van der Waals surface area (Å²) < 4.78 is 0. The number of benzene rings is 2. The second kappa shape index (κ2) is 8.14. The molecule has 6 nitrogen and oxygen atoms in total. The van der Waals surface area contributed by atoms with Crippen molar-refractivity contribution in [3.8, 4) is 0 Å². The molecule has 0 fully saturated rings. The third-order valence-corrected chi connectivity index (χ3v) is 6.98. The molecular formula is C24H20N4O2S2. The van der Waals surface area contributed by atoms with Gasteiger partial charge in [0, 0.05) is 9.75 Å². The fourth-order valence-electron chi connectivity index (χ4n) is 3.58. The molecule has 6 rings (SSSR count). The van der Waals surface area contributed by atoms with Crippen molar-refractivity contribution in [2.24, 2.45) is 0 Å². The van der Waals surface area contributed by atoms with Crippen LogP contribution >= 0.6 is 22.7 Å². The summed E-state index contributed by atoms with van der Waals surface area (Å²) in [6, 6.07) is 19.2. The summed E-state index contributed by atoms with van der Waals surface area (Å²) in [7, 11) is 0. The van der Waals surface area contributed by atoms with Gasteiger partial charge in [-0.3, -0.25) is 9.59 Å². The Morgan fingerprint density at radius 1 is 0.562 bits per heavy atom. The summed E-state index contributed by atoms with van der Waals surface area (Å²) in [6.07, 6.45) is 0. The molecule has 8 heteroatoms. The number of nitrogens with one attached hydrogen (secondary N) is 4. The highest BCUT2D eigenvalue weighted by atomic mass is 32.1. The minimum atomic E-state index is -0.0446. The van der Waals surface area contributed by atoms with Crippen LogP contribution < -0.4 is 21.3 Å². The lowest BCUT2D eigenvalue weighted by molar-refractivity contribution is 0.102. The first-order valence-corrected chi connectivity index (χ1v) is 11.7. The number of carbonyl (C=O) groups excluding carboxylic acids is 2. The summed E-state index contributed by atoms with van der Waals surface area (Å²) in [5.74, 6) is -0.0893. The van der Waals surface area contributed by atoms with E-state index in [-0.39, 0.29) is 11.8 Å². The zero-order chi connectivity index (χ0) is 22.2. The normalized spacial score (nSPS) is 13.2. The molecule has 2 amide bonds. The summed E-state index contributed by atoms with van der Waals surface area (Å²) in [5, 5.41) is 14.2. The summed E-state index contributed by atoms with van der Waals surface area (Å²) >= 11 is 3.20. The molecule has 0 bridgehead atoms. The van der Waals surface area contributed by atoms with Gasteiger partial charge in [-0.25, -0.2) is 0 Å². The Balaban J connectivity index is 0.000000135. The first-order chi connectivity index (χ1) is 15.5. The lowest BCUT2D eigenvalue weighted by Gasteiger charge is -2.06. The number of para-hydroxylation sites is 4. The quantitative estimate of drug-likeness (QED) is 0.234. The molecule has 4 heterocycles. The van der Waals surface area contributed by atoms with Gasteiger partial charge in [0.25, 0.3) is 11.8 Å². The van der Waals surface area contributed by atoms with Crippen molar-refractivity contribution in [2.45, 2.75) is 13.8 Å². The zero-order valence-corrected chi connectivity index (χ0v) is 19.0. The molecule has 4 N–H and O–H groups in total. The number of anilines is 6. The molecule has 2 aromatic carbocycles. The topological polar surface area (TPSA) is 82.3 Å². The van der Waals surface area contributed by atoms with E-state index in [4.69, 9.17) is 0 Å². The van der Waals surface area contributed by atoms with Crippen LogP contribution in [0, 0.1) is 13.8 Å². The molecule has 0 spiro atoms. The Labute approximate surface area is 193 Å². The Morgan fingerprint density at radius 2 is 0.906 bits per heavy atom. The van der Waals surface area contributed by atoms with Gasteiger partial charge in [0.15, 0.2) is 0 Å². The van der Waals surface area contributed by atoms with Gasteiger partial charge in [-0.05, 0) is 50.2 Å². The predicted octanol–water partition coefficient (Wildman–Crippen LogP) is 6.73. The lowest BCUT2D eigenvalue weighted by atomic mass is 10.2. The monoisotopic (exact) mass is 460 g/mol. The number of hydrogen-bond acceptors (Lipinski definition) is 6. The smallest absolute Gasteiger partial charge is 0.258 e. The number of aryl methyl sites for hydroxylation is 2. The van der Waals surface area contributed by atoms with Gasteiger partial charge >= 0.3 is 0 Å². The molecule has 2 aromatic heterocycles. The molecule has 0 saturated carbocycles. The van der Waals surface area contributed by atoms with E-state index < -0.39 is 0 Å². The standard InChI is InChI=1S/2C12H10N2OS/c2*1-7-6-8-11(15)13-9-4-2-3-5-10(9)14-12(8)16-7/h2*2-6,14H,1H3,(H,13,15). The maximum absolute atomic E-state index is 11.9. The highest BCUT2D eigenvalue weighted by molar-refractivity contribution is 7.17. The molecule has 0 atom stereocenters. The molecule has 0 radical (unpaired) electrons. The average molecular weight is 461 g/mol. The van der Waals surface area contributed by atoms with Gasteiger partial charge in [-0.15, -0.1) is 22.7 Å². The van der Waals surface area contributed by atoms with Crippen LogP contribution in [-0.2, 0) is 0 Å².